The summed E-state index contributed by atoms with van der Waals surface area (Å²) in [7, 11) is 0. The molecule has 0 aromatic carbocycles. The third kappa shape index (κ3) is 8.85. The molecule has 0 rings (SSSR count). The maximum absolute atomic E-state index is 8.41. The Kier molecular flexibility index (Phi) is 9.73. The van der Waals surface area contributed by atoms with Gasteiger partial charge in [0.1, 0.15) is 0 Å². The average Bonchev–Trinajstić information content (AvgIpc) is 1.38. The first-order chi connectivity index (χ1) is 2.27. The van der Waals surface area contributed by atoms with E-state index in [0.717, 1.165) is 30.1 Å². The molecule has 0 aliphatic heterocycles. The fourth-order valence-corrected chi connectivity index (χ4v) is 0. The molecule has 0 fully saturated rings. The van der Waals surface area contributed by atoms with Gasteiger partial charge in [0.2, 0.25) is 0 Å². The smallest absolute Gasteiger partial charge is 0.412 e. The van der Waals surface area contributed by atoms with Crippen molar-refractivity contribution in [2.75, 3.05) is 0 Å². The molecule has 3 heteroatoms. The van der Waals surface area contributed by atoms with Crippen LogP contribution in [0.15, 0.2) is 0 Å². The molecule has 0 aromatic heterocycles. The fraction of sp³-hybridized carbons (Fsp3) is 1.00. The second kappa shape index (κ2) is 5.86. The molecule has 3 N–H and O–H groups in total. The van der Waals surface area contributed by atoms with Gasteiger partial charge in [0.25, 0.3) is 0 Å². The van der Waals surface area contributed by atoms with E-state index in [0.29, 0.717) is 0 Å². The standard InChI is InChI=1S/C3H7O.Hg.H2O/c1-3(2)4;;/h3-4H,1H2,2H3;;1H2. The molecule has 0 aliphatic rings. The largest absolute Gasteiger partial charge is 0.412 e. The Bertz CT molecular complexity index is 22.8. The molecule has 0 radical (unpaired) electrons. The molecule has 0 aromatic rings. The summed E-state index contributed by atoms with van der Waals surface area (Å²) in [6, 6.07) is 0. The van der Waals surface area contributed by atoms with Crippen LogP contribution in [0.1, 0.15) is 6.92 Å². The van der Waals surface area contributed by atoms with Crippen molar-refractivity contribution < 1.29 is 36.7 Å². The van der Waals surface area contributed by atoms with Crippen molar-refractivity contribution in [2.45, 2.75) is 17.0 Å². The maximum atomic E-state index is 8.41. The normalized spacial score (nSPS) is 12.7. The SMILES string of the molecule is CC(O)[CH2][Hg].O. The van der Waals surface area contributed by atoms with Gasteiger partial charge >= 0.3 is 48.2 Å². The van der Waals surface area contributed by atoms with Gasteiger partial charge in [-0.15, -0.1) is 0 Å². The summed E-state index contributed by atoms with van der Waals surface area (Å²) in [5, 5.41) is 8.41. The minimum Gasteiger partial charge on any atom is -0.412 e. The average molecular weight is 278 g/mol. The Morgan fingerprint density at radius 2 is 2.00 bits per heavy atom. The van der Waals surface area contributed by atoms with E-state index in [4.69, 9.17) is 5.11 Å². The number of rotatable bonds is 1. The third-order valence-corrected chi connectivity index (χ3v) is 3.67. The zero-order chi connectivity index (χ0) is 4.28. The first kappa shape index (κ1) is 9.97. The molecule has 0 aliphatic carbocycles. The monoisotopic (exact) mass is 279 g/mol. The van der Waals surface area contributed by atoms with Crippen LogP contribution in [0.2, 0.25) is 3.93 Å². The second-order valence-corrected chi connectivity index (χ2v) is 3.38. The van der Waals surface area contributed by atoms with E-state index < -0.39 is 0 Å². The maximum Gasteiger partial charge on any atom is -0.412 e. The van der Waals surface area contributed by atoms with Crippen LogP contribution in [0, 0.1) is 0 Å². The van der Waals surface area contributed by atoms with E-state index in [9.17, 15) is 0 Å². The Morgan fingerprint density at radius 3 is 2.00 bits per heavy atom. The first-order valence-electron chi connectivity index (χ1n) is 1.74. The van der Waals surface area contributed by atoms with Gasteiger partial charge in [-0.3, -0.25) is 0 Å². The molecular weight excluding hydrogens is 269 g/mol. The summed E-state index contributed by atoms with van der Waals surface area (Å²) in [5.41, 5.74) is 0. The summed E-state index contributed by atoms with van der Waals surface area (Å²) in [4.78, 5) is 0. The molecule has 2 nitrogen and oxygen atoms in total. The predicted molar refractivity (Wildman–Crippen MR) is 20.1 cm³/mol. The van der Waals surface area contributed by atoms with E-state index in [1.54, 1.807) is 0 Å². The van der Waals surface area contributed by atoms with Crippen molar-refractivity contribution in [3.05, 3.63) is 0 Å². The number of aliphatic hydroxyl groups is 1. The van der Waals surface area contributed by atoms with Gasteiger partial charge in [-0.1, -0.05) is 0 Å². The van der Waals surface area contributed by atoms with Crippen molar-refractivity contribution in [1.29, 1.82) is 0 Å². The van der Waals surface area contributed by atoms with Crippen LogP contribution in [0.4, 0.5) is 0 Å². The Balaban J connectivity index is 0. The third-order valence-electron chi connectivity index (χ3n) is 0.418. The van der Waals surface area contributed by atoms with Crippen LogP contribution in [-0.4, -0.2) is 16.7 Å². The zero-order valence-electron chi connectivity index (χ0n) is 3.94. The number of hydrogen-bond acceptors (Lipinski definition) is 1. The molecule has 0 heterocycles. The van der Waals surface area contributed by atoms with E-state index in [-0.39, 0.29) is 11.6 Å². The van der Waals surface area contributed by atoms with Crippen LogP contribution < -0.4 is 0 Å². The van der Waals surface area contributed by atoms with Gasteiger partial charge in [-0.2, -0.15) is 0 Å². The van der Waals surface area contributed by atoms with Gasteiger partial charge in [0.15, 0.2) is 0 Å². The molecule has 0 bridgehead atoms. The number of hydrogen-bond donors (Lipinski definition) is 1. The van der Waals surface area contributed by atoms with E-state index >= 15 is 0 Å². The Morgan fingerprint density at radius 1 is 1.83 bits per heavy atom. The zero-order valence-corrected chi connectivity index (χ0v) is 9.44. The molecule has 0 saturated carbocycles. The molecule has 0 amide bonds. The Labute approximate surface area is 53.8 Å². The van der Waals surface area contributed by atoms with Crippen LogP contribution >= 0.6 is 0 Å². The molecular formula is C3H9HgO2. The first-order valence-corrected chi connectivity index (χ1v) is 5.63. The van der Waals surface area contributed by atoms with Crippen molar-refractivity contribution in [3.8, 4) is 0 Å². The summed E-state index contributed by atoms with van der Waals surface area (Å²) >= 11 is 0.793. The van der Waals surface area contributed by atoms with Gasteiger partial charge < -0.3 is 5.48 Å². The van der Waals surface area contributed by atoms with Gasteiger partial charge in [-0.05, 0) is 0 Å². The number of aliphatic hydroxyl groups excluding tert-OH is 1. The van der Waals surface area contributed by atoms with Crippen molar-refractivity contribution in [2.24, 2.45) is 0 Å². The minimum atomic E-state index is -0.0293. The van der Waals surface area contributed by atoms with E-state index in [2.05, 4.69) is 0 Å². The van der Waals surface area contributed by atoms with Gasteiger partial charge in [-0.25, -0.2) is 0 Å². The van der Waals surface area contributed by atoms with Crippen LogP contribution in [-0.2, 0) is 26.1 Å². The van der Waals surface area contributed by atoms with Gasteiger partial charge in [0, 0.05) is 0 Å². The summed E-state index contributed by atoms with van der Waals surface area (Å²) in [6.45, 7) is 1.83. The topological polar surface area (TPSA) is 51.7 Å². The molecule has 0 spiro atoms. The van der Waals surface area contributed by atoms with Crippen LogP contribution in [0.5, 0.6) is 0 Å². The molecule has 1 unspecified atom stereocenters. The molecule has 1 atom stereocenters. The summed E-state index contributed by atoms with van der Waals surface area (Å²) in [6.07, 6.45) is -0.0293. The summed E-state index contributed by atoms with van der Waals surface area (Å²) < 4.78 is 1.06. The van der Waals surface area contributed by atoms with Crippen molar-refractivity contribution >= 4 is 0 Å². The molecule has 6 heavy (non-hydrogen) atoms. The van der Waals surface area contributed by atoms with Gasteiger partial charge in [0.05, 0.1) is 0 Å². The quantitative estimate of drug-likeness (QED) is 0.646. The van der Waals surface area contributed by atoms with E-state index in [1.165, 1.54) is 0 Å². The molecule has 0 saturated heterocycles. The van der Waals surface area contributed by atoms with Crippen LogP contribution in [0.25, 0.3) is 0 Å². The summed E-state index contributed by atoms with van der Waals surface area (Å²) in [5.74, 6) is 0. The van der Waals surface area contributed by atoms with E-state index in [1.807, 2.05) is 6.92 Å². The van der Waals surface area contributed by atoms with Crippen molar-refractivity contribution in [3.63, 3.8) is 0 Å². The minimum absolute atomic E-state index is 0. The predicted octanol–water partition coefficient (Wildman–Crippen LogP) is -0.492. The fourth-order valence-electron chi connectivity index (χ4n) is 0. The van der Waals surface area contributed by atoms with Crippen molar-refractivity contribution in [1.82, 2.24) is 0 Å². The second-order valence-electron chi connectivity index (χ2n) is 1.14. The Hall–Kier alpha value is 0.855. The van der Waals surface area contributed by atoms with Crippen LogP contribution in [0.3, 0.4) is 0 Å². The molecule has 35 valence electrons.